The lowest BCUT2D eigenvalue weighted by Crippen LogP contribution is -2.55. The topological polar surface area (TPSA) is 67.6 Å². The molecule has 1 atom stereocenters. The Hall–Kier alpha value is -1.75. The first-order valence-corrected chi connectivity index (χ1v) is 7.40. The first kappa shape index (κ1) is 15.6. The van der Waals surface area contributed by atoms with Crippen LogP contribution in [0.3, 0.4) is 0 Å². The van der Waals surface area contributed by atoms with E-state index >= 15 is 0 Å². The van der Waals surface area contributed by atoms with E-state index in [2.05, 4.69) is 5.32 Å². The highest BCUT2D eigenvalue weighted by Gasteiger charge is 2.30. The Morgan fingerprint density at radius 3 is 2.90 bits per heavy atom. The van der Waals surface area contributed by atoms with Crippen LogP contribution in [0.25, 0.3) is 0 Å². The van der Waals surface area contributed by atoms with Gasteiger partial charge in [0.1, 0.15) is 5.60 Å². The highest BCUT2D eigenvalue weighted by atomic mass is 16.6. The summed E-state index contributed by atoms with van der Waals surface area (Å²) in [7, 11) is 0. The summed E-state index contributed by atoms with van der Waals surface area (Å²) in [4.78, 5) is 14.2. The molecule has 0 aromatic heterocycles. The molecule has 1 aliphatic rings. The van der Waals surface area contributed by atoms with E-state index in [1.165, 1.54) is 0 Å². The van der Waals surface area contributed by atoms with Crippen molar-refractivity contribution in [3.63, 3.8) is 0 Å². The normalized spacial score (nSPS) is 19.4. The van der Waals surface area contributed by atoms with E-state index in [0.717, 1.165) is 30.8 Å². The first-order valence-electron chi connectivity index (χ1n) is 7.40. The van der Waals surface area contributed by atoms with Gasteiger partial charge in [-0.15, -0.1) is 0 Å². The van der Waals surface area contributed by atoms with Crippen LogP contribution in [0.2, 0.25) is 0 Å². The van der Waals surface area contributed by atoms with Gasteiger partial charge in [-0.2, -0.15) is 0 Å². The number of nitrogens with one attached hydrogen (secondary N) is 1. The molecule has 116 valence electrons. The lowest BCUT2D eigenvalue weighted by molar-refractivity contribution is 0.0122. The largest absolute Gasteiger partial charge is 0.444 e. The van der Waals surface area contributed by atoms with E-state index in [0.29, 0.717) is 6.54 Å². The van der Waals surface area contributed by atoms with Crippen molar-refractivity contribution in [1.29, 1.82) is 0 Å². The Morgan fingerprint density at radius 2 is 2.24 bits per heavy atom. The zero-order valence-corrected chi connectivity index (χ0v) is 13.1. The van der Waals surface area contributed by atoms with Crippen LogP contribution in [-0.2, 0) is 11.2 Å². The number of nitrogens with two attached hydrogens (primary N) is 1. The zero-order valence-electron chi connectivity index (χ0n) is 13.1. The summed E-state index contributed by atoms with van der Waals surface area (Å²) in [6.07, 6.45) is 0.537. The number of anilines is 1. The molecule has 5 nitrogen and oxygen atoms in total. The van der Waals surface area contributed by atoms with Crippen molar-refractivity contribution in [3.05, 3.63) is 29.8 Å². The van der Waals surface area contributed by atoms with Gasteiger partial charge in [-0.3, -0.25) is 0 Å². The van der Waals surface area contributed by atoms with Gasteiger partial charge < -0.3 is 20.7 Å². The second-order valence-electron chi connectivity index (χ2n) is 6.48. The van der Waals surface area contributed by atoms with Crippen molar-refractivity contribution < 1.29 is 9.53 Å². The van der Waals surface area contributed by atoms with E-state index in [1.807, 2.05) is 49.9 Å². The molecule has 1 unspecified atom stereocenters. The molecule has 0 radical (unpaired) electrons. The third-order valence-corrected chi connectivity index (χ3v) is 3.40. The number of hydrogen-bond donors (Lipinski definition) is 2. The summed E-state index contributed by atoms with van der Waals surface area (Å²) in [5.74, 6) is 0. The molecule has 0 saturated carbocycles. The van der Waals surface area contributed by atoms with Crippen molar-refractivity contribution in [2.45, 2.75) is 38.8 Å². The fourth-order valence-electron chi connectivity index (χ4n) is 2.50. The molecule has 1 heterocycles. The van der Waals surface area contributed by atoms with Crippen LogP contribution in [0.1, 0.15) is 26.3 Å². The first-order chi connectivity index (χ1) is 9.85. The SMILES string of the molecule is CC(C)(C)OC(=O)N1CCNCC1Cc1cccc(N)c1. The third kappa shape index (κ3) is 4.63. The number of nitrogens with zero attached hydrogens (tertiary/aromatic N) is 1. The number of rotatable bonds is 2. The molecule has 1 aromatic carbocycles. The Balaban J connectivity index is 2.06. The number of amides is 1. The van der Waals surface area contributed by atoms with Gasteiger partial charge in [-0.25, -0.2) is 4.79 Å². The summed E-state index contributed by atoms with van der Waals surface area (Å²) < 4.78 is 5.50. The molecule has 3 N–H and O–H groups in total. The fraction of sp³-hybridized carbons (Fsp3) is 0.562. The number of carbonyl (C=O) groups is 1. The molecule has 1 aliphatic heterocycles. The number of carbonyl (C=O) groups excluding carboxylic acids is 1. The van der Waals surface area contributed by atoms with Crippen molar-refractivity contribution in [2.75, 3.05) is 25.4 Å². The lowest BCUT2D eigenvalue weighted by Gasteiger charge is -2.37. The molecule has 1 fully saturated rings. The molecule has 2 rings (SSSR count). The van der Waals surface area contributed by atoms with Gasteiger partial charge in [0.15, 0.2) is 0 Å². The van der Waals surface area contributed by atoms with Gasteiger partial charge in [-0.1, -0.05) is 12.1 Å². The van der Waals surface area contributed by atoms with Crippen LogP contribution in [0, 0.1) is 0 Å². The van der Waals surface area contributed by atoms with Gasteiger partial charge in [0.05, 0.1) is 6.04 Å². The predicted molar refractivity (Wildman–Crippen MR) is 84.2 cm³/mol. The quantitative estimate of drug-likeness (QED) is 0.818. The van der Waals surface area contributed by atoms with E-state index in [9.17, 15) is 4.79 Å². The number of nitrogen functional groups attached to an aromatic ring is 1. The van der Waals surface area contributed by atoms with Crippen LogP contribution < -0.4 is 11.1 Å². The molecular weight excluding hydrogens is 266 g/mol. The minimum atomic E-state index is -0.469. The smallest absolute Gasteiger partial charge is 0.410 e. The van der Waals surface area contributed by atoms with E-state index in [4.69, 9.17) is 10.5 Å². The Bertz CT molecular complexity index is 497. The maximum Gasteiger partial charge on any atom is 0.410 e. The number of ether oxygens (including phenoxy) is 1. The summed E-state index contributed by atoms with van der Waals surface area (Å²) in [6, 6.07) is 7.91. The van der Waals surface area contributed by atoms with Crippen LogP contribution in [0.5, 0.6) is 0 Å². The molecule has 1 aromatic rings. The van der Waals surface area contributed by atoms with Gasteiger partial charge in [0.2, 0.25) is 0 Å². The van der Waals surface area contributed by atoms with Crippen molar-refractivity contribution in [3.8, 4) is 0 Å². The molecular formula is C16H25N3O2. The molecule has 0 bridgehead atoms. The summed E-state index contributed by atoms with van der Waals surface area (Å²) in [6.45, 7) is 7.91. The second-order valence-corrected chi connectivity index (χ2v) is 6.48. The summed E-state index contributed by atoms with van der Waals surface area (Å²) in [5, 5.41) is 3.34. The molecule has 0 spiro atoms. The summed E-state index contributed by atoms with van der Waals surface area (Å²) in [5.41, 5.74) is 7.24. The average molecular weight is 291 g/mol. The van der Waals surface area contributed by atoms with Gasteiger partial charge >= 0.3 is 6.09 Å². The fourth-order valence-corrected chi connectivity index (χ4v) is 2.50. The summed E-state index contributed by atoms with van der Waals surface area (Å²) >= 11 is 0. The van der Waals surface area contributed by atoms with Gasteiger partial charge in [0, 0.05) is 25.3 Å². The minimum absolute atomic E-state index is 0.0930. The Morgan fingerprint density at radius 1 is 1.48 bits per heavy atom. The maximum atomic E-state index is 12.3. The average Bonchev–Trinajstić information content (AvgIpc) is 2.37. The molecule has 1 saturated heterocycles. The lowest BCUT2D eigenvalue weighted by atomic mass is 10.0. The molecule has 1 amide bonds. The van der Waals surface area contributed by atoms with Crippen LogP contribution in [0.4, 0.5) is 10.5 Å². The van der Waals surface area contributed by atoms with Crippen molar-refractivity contribution >= 4 is 11.8 Å². The van der Waals surface area contributed by atoms with Gasteiger partial charge in [0.25, 0.3) is 0 Å². The van der Waals surface area contributed by atoms with Crippen LogP contribution in [-0.4, -0.2) is 42.3 Å². The molecule has 21 heavy (non-hydrogen) atoms. The monoisotopic (exact) mass is 291 g/mol. The number of hydrogen-bond acceptors (Lipinski definition) is 4. The van der Waals surface area contributed by atoms with Crippen LogP contribution >= 0.6 is 0 Å². The molecule has 0 aliphatic carbocycles. The third-order valence-electron chi connectivity index (χ3n) is 3.40. The predicted octanol–water partition coefficient (Wildman–Crippen LogP) is 2.02. The van der Waals surface area contributed by atoms with Crippen LogP contribution in [0.15, 0.2) is 24.3 Å². The Labute approximate surface area is 126 Å². The Kier molecular flexibility index (Phi) is 4.73. The van der Waals surface area contributed by atoms with Crippen molar-refractivity contribution in [2.24, 2.45) is 0 Å². The van der Waals surface area contributed by atoms with Crippen molar-refractivity contribution in [1.82, 2.24) is 10.2 Å². The standard InChI is InChI=1S/C16H25N3O2/c1-16(2,3)21-15(20)19-8-7-18-11-14(19)10-12-5-4-6-13(17)9-12/h4-6,9,14,18H,7-8,10-11,17H2,1-3H3. The van der Waals surface area contributed by atoms with E-state index < -0.39 is 5.60 Å². The minimum Gasteiger partial charge on any atom is -0.444 e. The number of benzene rings is 1. The second kappa shape index (κ2) is 6.35. The van der Waals surface area contributed by atoms with E-state index in [1.54, 1.807) is 0 Å². The number of piperazine rings is 1. The maximum absolute atomic E-state index is 12.3. The highest BCUT2D eigenvalue weighted by Crippen LogP contribution is 2.17. The highest BCUT2D eigenvalue weighted by molar-refractivity contribution is 5.68. The van der Waals surface area contributed by atoms with Gasteiger partial charge in [-0.05, 0) is 44.9 Å². The van der Waals surface area contributed by atoms with E-state index in [-0.39, 0.29) is 12.1 Å². The molecule has 5 heteroatoms. The zero-order chi connectivity index (χ0) is 15.5.